The molecular weight excluding hydrogens is 267 g/mol. The predicted molar refractivity (Wildman–Crippen MR) is 57.4 cm³/mol. The zero-order valence-electron chi connectivity index (χ0n) is 8.71. The minimum atomic E-state index is -0.716. The molecule has 1 aromatic carbocycles. The van der Waals surface area contributed by atoms with Crippen molar-refractivity contribution in [3.63, 3.8) is 0 Å². The lowest BCUT2D eigenvalue weighted by Crippen LogP contribution is -2.06. The zero-order chi connectivity index (χ0) is 11.4. The highest BCUT2D eigenvalue weighted by molar-refractivity contribution is 9.10. The Morgan fingerprint density at radius 3 is 2.27 bits per heavy atom. The van der Waals surface area contributed by atoms with Gasteiger partial charge < -0.3 is 14.2 Å². The van der Waals surface area contributed by atoms with Gasteiger partial charge in [0.25, 0.3) is 0 Å². The van der Waals surface area contributed by atoms with E-state index in [1.54, 1.807) is 6.07 Å². The number of benzene rings is 1. The largest absolute Gasteiger partial charge is 0.495 e. The van der Waals surface area contributed by atoms with Crippen molar-refractivity contribution >= 4 is 15.9 Å². The van der Waals surface area contributed by atoms with Crippen LogP contribution in [-0.2, 0) is 9.47 Å². The normalized spacial score (nSPS) is 10.8. The smallest absolute Gasteiger partial charge is 0.185 e. The van der Waals surface area contributed by atoms with Crippen LogP contribution in [0.2, 0.25) is 0 Å². The molecule has 1 rings (SSSR count). The Morgan fingerprint density at radius 2 is 1.80 bits per heavy atom. The third kappa shape index (κ3) is 2.68. The molecule has 0 saturated carbocycles. The van der Waals surface area contributed by atoms with Crippen molar-refractivity contribution in [1.82, 2.24) is 0 Å². The van der Waals surface area contributed by atoms with Gasteiger partial charge in [-0.3, -0.25) is 0 Å². The predicted octanol–water partition coefficient (Wildman–Crippen LogP) is 2.89. The fourth-order valence-corrected chi connectivity index (χ4v) is 1.75. The minimum absolute atomic E-state index is 0.327. The molecule has 1 aromatic rings. The molecule has 0 spiro atoms. The first-order valence-corrected chi connectivity index (χ1v) is 5.01. The van der Waals surface area contributed by atoms with Gasteiger partial charge in [-0.2, -0.15) is 0 Å². The van der Waals surface area contributed by atoms with Gasteiger partial charge in [-0.05, 0) is 22.0 Å². The van der Waals surface area contributed by atoms with Gasteiger partial charge in [-0.25, -0.2) is 4.39 Å². The van der Waals surface area contributed by atoms with E-state index in [1.807, 2.05) is 0 Å². The molecule has 0 aliphatic carbocycles. The molecule has 0 aliphatic heterocycles. The summed E-state index contributed by atoms with van der Waals surface area (Å²) in [6.45, 7) is 0. The van der Waals surface area contributed by atoms with Crippen LogP contribution in [-0.4, -0.2) is 21.3 Å². The molecule has 0 N–H and O–H groups in total. The van der Waals surface area contributed by atoms with Crippen molar-refractivity contribution in [2.75, 3.05) is 21.3 Å². The summed E-state index contributed by atoms with van der Waals surface area (Å²) in [6.07, 6.45) is -0.716. The molecule has 3 nitrogen and oxygen atoms in total. The molecule has 84 valence electrons. The molecule has 0 saturated heterocycles. The van der Waals surface area contributed by atoms with E-state index in [9.17, 15) is 4.39 Å². The second kappa shape index (κ2) is 5.44. The van der Waals surface area contributed by atoms with Gasteiger partial charge in [0, 0.05) is 25.8 Å². The van der Waals surface area contributed by atoms with Crippen LogP contribution in [0.15, 0.2) is 16.6 Å². The van der Waals surface area contributed by atoms with Crippen LogP contribution in [0.4, 0.5) is 4.39 Å². The quantitative estimate of drug-likeness (QED) is 0.793. The lowest BCUT2D eigenvalue weighted by Gasteiger charge is -2.15. The first kappa shape index (κ1) is 12.4. The Kier molecular flexibility index (Phi) is 4.50. The Labute approximate surface area is 96.3 Å². The standard InChI is InChI=1S/C10H12BrFO3/c1-13-9-5-8(12)6(4-7(9)11)10(14-2)15-3/h4-5,10H,1-3H3. The van der Waals surface area contributed by atoms with Crippen LogP contribution in [0.1, 0.15) is 11.9 Å². The lowest BCUT2D eigenvalue weighted by molar-refractivity contribution is -0.107. The van der Waals surface area contributed by atoms with Crippen LogP contribution in [0.3, 0.4) is 0 Å². The number of hydrogen-bond acceptors (Lipinski definition) is 3. The van der Waals surface area contributed by atoms with Gasteiger partial charge in [0.2, 0.25) is 0 Å². The summed E-state index contributed by atoms with van der Waals surface area (Å²) in [5.41, 5.74) is 0.327. The van der Waals surface area contributed by atoms with E-state index in [2.05, 4.69) is 15.9 Å². The first-order chi connectivity index (χ1) is 7.13. The summed E-state index contributed by atoms with van der Waals surface area (Å²) >= 11 is 3.27. The van der Waals surface area contributed by atoms with Crippen molar-refractivity contribution in [2.24, 2.45) is 0 Å². The van der Waals surface area contributed by atoms with Gasteiger partial charge in [-0.1, -0.05) is 0 Å². The molecule has 0 heterocycles. The summed E-state index contributed by atoms with van der Waals surface area (Å²) < 4.78 is 29.1. The van der Waals surface area contributed by atoms with Crippen molar-refractivity contribution in [2.45, 2.75) is 6.29 Å². The highest BCUT2D eigenvalue weighted by Gasteiger charge is 2.17. The van der Waals surface area contributed by atoms with Crippen LogP contribution in [0.25, 0.3) is 0 Å². The van der Waals surface area contributed by atoms with Crippen LogP contribution < -0.4 is 4.74 Å². The Hall–Kier alpha value is -0.650. The molecule has 15 heavy (non-hydrogen) atoms. The van der Waals surface area contributed by atoms with Gasteiger partial charge in [0.1, 0.15) is 11.6 Å². The summed E-state index contributed by atoms with van der Waals surface area (Å²) in [5.74, 6) is 0.00551. The Bertz CT molecular complexity index is 340. The molecule has 0 aliphatic rings. The molecule has 0 amide bonds. The average molecular weight is 279 g/mol. The maximum atomic E-state index is 13.6. The van der Waals surface area contributed by atoms with Crippen molar-refractivity contribution in [1.29, 1.82) is 0 Å². The monoisotopic (exact) mass is 278 g/mol. The number of methoxy groups -OCH3 is 3. The molecule has 5 heteroatoms. The molecule has 0 aromatic heterocycles. The second-order valence-electron chi connectivity index (χ2n) is 2.81. The summed E-state index contributed by atoms with van der Waals surface area (Å²) in [7, 11) is 4.38. The highest BCUT2D eigenvalue weighted by Crippen LogP contribution is 2.31. The van der Waals surface area contributed by atoms with Gasteiger partial charge in [-0.15, -0.1) is 0 Å². The molecule has 0 atom stereocenters. The number of halogens is 2. The number of rotatable bonds is 4. The van der Waals surface area contributed by atoms with E-state index in [4.69, 9.17) is 14.2 Å². The first-order valence-electron chi connectivity index (χ1n) is 4.22. The fourth-order valence-electron chi connectivity index (χ4n) is 1.23. The zero-order valence-corrected chi connectivity index (χ0v) is 10.3. The van der Waals surface area contributed by atoms with Crippen LogP contribution in [0, 0.1) is 5.82 Å². The topological polar surface area (TPSA) is 27.7 Å². The van der Waals surface area contributed by atoms with Crippen molar-refractivity contribution in [3.8, 4) is 5.75 Å². The van der Waals surface area contributed by atoms with E-state index in [-0.39, 0.29) is 0 Å². The number of hydrogen-bond donors (Lipinski definition) is 0. The molecule has 0 unspecified atom stereocenters. The lowest BCUT2D eigenvalue weighted by atomic mass is 10.2. The minimum Gasteiger partial charge on any atom is -0.495 e. The van der Waals surface area contributed by atoms with E-state index in [0.29, 0.717) is 15.8 Å². The molecule has 0 bridgehead atoms. The van der Waals surface area contributed by atoms with Crippen LogP contribution in [0.5, 0.6) is 5.75 Å². The maximum Gasteiger partial charge on any atom is 0.185 e. The van der Waals surface area contributed by atoms with E-state index < -0.39 is 12.1 Å². The number of ether oxygens (including phenoxy) is 3. The summed E-state index contributed by atoms with van der Waals surface area (Å²) in [4.78, 5) is 0. The fraction of sp³-hybridized carbons (Fsp3) is 0.400. The Balaban J connectivity index is 3.14. The second-order valence-corrected chi connectivity index (χ2v) is 3.67. The molecular formula is C10H12BrFO3. The van der Waals surface area contributed by atoms with Crippen LogP contribution >= 0.6 is 15.9 Å². The molecule has 0 fully saturated rings. The Morgan fingerprint density at radius 1 is 1.20 bits per heavy atom. The third-order valence-electron chi connectivity index (χ3n) is 1.95. The van der Waals surface area contributed by atoms with Crippen molar-refractivity contribution < 1.29 is 18.6 Å². The highest BCUT2D eigenvalue weighted by atomic mass is 79.9. The van der Waals surface area contributed by atoms with Gasteiger partial charge in [0.15, 0.2) is 6.29 Å². The summed E-state index contributed by atoms with van der Waals surface area (Å²) in [5, 5.41) is 0. The van der Waals surface area contributed by atoms with Gasteiger partial charge >= 0.3 is 0 Å². The summed E-state index contributed by atoms with van der Waals surface area (Å²) in [6, 6.07) is 2.86. The van der Waals surface area contributed by atoms with E-state index >= 15 is 0 Å². The average Bonchev–Trinajstić information content (AvgIpc) is 2.24. The molecule has 0 radical (unpaired) electrons. The van der Waals surface area contributed by atoms with E-state index in [0.717, 1.165) is 0 Å². The third-order valence-corrected chi connectivity index (χ3v) is 2.57. The van der Waals surface area contributed by atoms with E-state index in [1.165, 1.54) is 27.4 Å². The SMILES string of the molecule is COc1cc(F)c(C(OC)OC)cc1Br. The maximum absolute atomic E-state index is 13.6. The van der Waals surface area contributed by atoms with Crippen molar-refractivity contribution in [3.05, 3.63) is 28.0 Å². The van der Waals surface area contributed by atoms with Gasteiger partial charge in [0.05, 0.1) is 11.6 Å².